The number of nitrogens with one attached hydrogen (secondary N) is 1. The Balaban J connectivity index is 1.99. The highest BCUT2D eigenvalue weighted by molar-refractivity contribution is 6.31. The lowest BCUT2D eigenvalue weighted by molar-refractivity contribution is 0.521. The predicted octanol–water partition coefficient (Wildman–Crippen LogP) is 3.52. The van der Waals surface area contributed by atoms with Gasteiger partial charge in [-0.2, -0.15) is 0 Å². The van der Waals surface area contributed by atoms with Crippen LogP contribution in [0.15, 0.2) is 18.2 Å². The third-order valence-electron chi connectivity index (χ3n) is 3.37. The molecule has 0 spiro atoms. The van der Waals surface area contributed by atoms with E-state index in [1.807, 2.05) is 12.1 Å². The van der Waals surface area contributed by atoms with Gasteiger partial charge in [0.2, 0.25) is 0 Å². The lowest BCUT2D eigenvalue weighted by atomic mass is 10.0. The summed E-state index contributed by atoms with van der Waals surface area (Å²) in [5, 5.41) is 4.10. The van der Waals surface area contributed by atoms with Gasteiger partial charge < -0.3 is 11.1 Å². The molecule has 1 aromatic rings. The normalized spacial score (nSPS) is 17.5. The van der Waals surface area contributed by atoms with Gasteiger partial charge in [-0.1, -0.05) is 18.5 Å². The first-order valence-electron chi connectivity index (χ1n) is 5.44. The Bertz CT molecular complexity index is 359. The molecule has 3 heteroatoms. The van der Waals surface area contributed by atoms with E-state index in [1.54, 1.807) is 6.07 Å². The monoisotopic (exact) mass is 224 g/mol. The van der Waals surface area contributed by atoms with E-state index in [9.17, 15) is 0 Å². The van der Waals surface area contributed by atoms with E-state index >= 15 is 0 Å². The summed E-state index contributed by atoms with van der Waals surface area (Å²) in [7, 11) is 0. The summed E-state index contributed by atoms with van der Waals surface area (Å²) in [4.78, 5) is 0. The lowest BCUT2D eigenvalue weighted by Gasteiger charge is -2.15. The minimum Gasteiger partial charge on any atom is -0.397 e. The molecule has 2 nitrogen and oxygen atoms in total. The maximum absolute atomic E-state index is 5.87. The summed E-state index contributed by atoms with van der Waals surface area (Å²) in [6.45, 7) is 3.27. The van der Waals surface area contributed by atoms with Crippen LogP contribution in [-0.2, 0) is 0 Å². The molecule has 0 atom stereocenters. The molecule has 0 radical (unpaired) electrons. The average molecular weight is 225 g/mol. The van der Waals surface area contributed by atoms with E-state index in [-0.39, 0.29) is 0 Å². The molecule has 0 unspecified atom stereocenters. The van der Waals surface area contributed by atoms with Crippen LogP contribution in [0, 0.1) is 5.41 Å². The van der Waals surface area contributed by atoms with Gasteiger partial charge in [0.05, 0.1) is 11.4 Å². The third kappa shape index (κ3) is 2.37. The maximum atomic E-state index is 5.87. The molecule has 82 valence electrons. The topological polar surface area (TPSA) is 38.0 Å². The number of hydrogen-bond acceptors (Lipinski definition) is 2. The van der Waals surface area contributed by atoms with Crippen LogP contribution in [0.3, 0.4) is 0 Å². The quantitative estimate of drug-likeness (QED) is 0.768. The van der Waals surface area contributed by atoms with Crippen LogP contribution in [0.2, 0.25) is 5.02 Å². The molecule has 0 bridgehead atoms. The summed E-state index contributed by atoms with van der Waals surface area (Å²) < 4.78 is 0. The zero-order chi connectivity index (χ0) is 10.9. The summed E-state index contributed by atoms with van der Waals surface area (Å²) >= 11 is 5.84. The second-order valence-electron chi connectivity index (χ2n) is 4.44. The van der Waals surface area contributed by atoms with E-state index in [2.05, 4.69) is 12.2 Å². The van der Waals surface area contributed by atoms with Crippen molar-refractivity contribution in [1.82, 2.24) is 0 Å². The summed E-state index contributed by atoms with van der Waals surface area (Å²) in [6, 6.07) is 5.60. The van der Waals surface area contributed by atoms with Crippen molar-refractivity contribution in [2.45, 2.75) is 26.2 Å². The molecule has 0 saturated heterocycles. The molecule has 0 heterocycles. The van der Waals surface area contributed by atoms with Crippen LogP contribution in [-0.4, -0.2) is 6.54 Å². The van der Waals surface area contributed by atoms with Gasteiger partial charge in [0.1, 0.15) is 0 Å². The maximum Gasteiger partial charge on any atom is 0.0575 e. The first-order valence-corrected chi connectivity index (χ1v) is 5.82. The summed E-state index contributed by atoms with van der Waals surface area (Å²) in [6.07, 6.45) is 3.92. The van der Waals surface area contributed by atoms with Crippen molar-refractivity contribution in [1.29, 1.82) is 0 Å². The van der Waals surface area contributed by atoms with Crippen LogP contribution >= 0.6 is 11.6 Å². The van der Waals surface area contributed by atoms with Crippen molar-refractivity contribution in [2.75, 3.05) is 17.6 Å². The molecule has 2 rings (SSSR count). The van der Waals surface area contributed by atoms with E-state index in [1.165, 1.54) is 19.3 Å². The number of hydrogen-bond donors (Lipinski definition) is 2. The minimum atomic E-state index is 0.534. The Kier molecular flexibility index (Phi) is 2.79. The molecule has 0 aromatic heterocycles. The fourth-order valence-electron chi connectivity index (χ4n) is 1.81. The number of rotatable bonds is 4. The van der Waals surface area contributed by atoms with E-state index in [0.717, 1.165) is 17.9 Å². The number of benzene rings is 1. The Morgan fingerprint density at radius 3 is 2.73 bits per heavy atom. The van der Waals surface area contributed by atoms with Gasteiger partial charge in [-0.25, -0.2) is 0 Å². The molecular weight excluding hydrogens is 208 g/mol. The molecule has 1 aromatic carbocycles. The van der Waals surface area contributed by atoms with Gasteiger partial charge in [0.15, 0.2) is 0 Å². The third-order valence-corrected chi connectivity index (χ3v) is 3.61. The van der Waals surface area contributed by atoms with Gasteiger partial charge in [-0.05, 0) is 42.9 Å². The van der Waals surface area contributed by atoms with Gasteiger partial charge >= 0.3 is 0 Å². The molecule has 1 saturated carbocycles. The van der Waals surface area contributed by atoms with Crippen molar-refractivity contribution in [3.05, 3.63) is 23.2 Å². The summed E-state index contributed by atoms with van der Waals surface area (Å²) in [5.74, 6) is 0. The second-order valence-corrected chi connectivity index (χ2v) is 4.88. The molecule has 0 amide bonds. The Hall–Kier alpha value is -0.890. The fourth-order valence-corrected chi connectivity index (χ4v) is 1.99. The molecule has 1 aliphatic carbocycles. The zero-order valence-electron chi connectivity index (χ0n) is 9.02. The standard InChI is InChI=1S/C12H17ClN2/c1-2-12(5-6-12)8-15-11-4-3-9(13)7-10(11)14/h3-4,7,15H,2,5-6,8,14H2,1H3. The fraction of sp³-hybridized carbons (Fsp3) is 0.500. The van der Waals surface area contributed by atoms with Crippen molar-refractivity contribution >= 4 is 23.0 Å². The number of nitrogen functional groups attached to an aromatic ring is 1. The minimum absolute atomic E-state index is 0.534. The van der Waals surface area contributed by atoms with Crippen molar-refractivity contribution < 1.29 is 0 Å². The number of nitrogens with two attached hydrogens (primary N) is 1. The second kappa shape index (κ2) is 3.93. The highest BCUT2D eigenvalue weighted by Gasteiger charge is 2.40. The summed E-state index contributed by atoms with van der Waals surface area (Å²) in [5.41, 5.74) is 8.13. The SMILES string of the molecule is CCC1(CNc2ccc(Cl)cc2N)CC1. The molecule has 0 aliphatic heterocycles. The van der Waals surface area contributed by atoms with E-state index < -0.39 is 0 Å². The first kappa shape index (κ1) is 10.6. The number of halogens is 1. The van der Waals surface area contributed by atoms with Crippen LogP contribution in [0.4, 0.5) is 11.4 Å². The van der Waals surface area contributed by atoms with Crippen LogP contribution < -0.4 is 11.1 Å². The van der Waals surface area contributed by atoms with Crippen molar-refractivity contribution in [2.24, 2.45) is 5.41 Å². The molecule has 3 N–H and O–H groups in total. The molecular formula is C12H17ClN2. The first-order chi connectivity index (χ1) is 7.15. The molecule has 1 aliphatic rings. The molecule has 15 heavy (non-hydrogen) atoms. The molecule has 1 fully saturated rings. The van der Waals surface area contributed by atoms with Crippen LogP contribution in [0.5, 0.6) is 0 Å². The highest BCUT2D eigenvalue weighted by atomic mass is 35.5. The van der Waals surface area contributed by atoms with Gasteiger partial charge in [-0.3, -0.25) is 0 Å². The van der Waals surface area contributed by atoms with Gasteiger partial charge in [0.25, 0.3) is 0 Å². The predicted molar refractivity (Wildman–Crippen MR) is 66.3 cm³/mol. The van der Waals surface area contributed by atoms with E-state index in [4.69, 9.17) is 17.3 Å². The lowest BCUT2D eigenvalue weighted by Crippen LogP contribution is -2.15. The van der Waals surface area contributed by atoms with Crippen LogP contribution in [0.25, 0.3) is 0 Å². The van der Waals surface area contributed by atoms with Crippen molar-refractivity contribution in [3.63, 3.8) is 0 Å². The average Bonchev–Trinajstić information content (AvgIpc) is 2.97. The Morgan fingerprint density at radius 1 is 1.47 bits per heavy atom. The smallest absolute Gasteiger partial charge is 0.0575 e. The Morgan fingerprint density at radius 2 is 2.20 bits per heavy atom. The van der Waals surface area contributed by atoms with E-state index in [0.29, 0.717) is 10.4 Å². The highest BCUT2D eigenvalue weighted by Crippen LogP contribution is 2.48. The van der Waals surface area contributed by atoms with Gasteiger partial charge in [-0.15, -0.1) is 0 Å². The zero-order valence-corrected chi connectivity index (χ0v) is 9.77. The Labute approximate surface area is 95.8 Å². The largest absolute Gasteiger partial charge is 0.397 e. The van der Waals surface area contributed by atoms with Crippen LogP contribution in [0.1, 0.15) is 26.2 Å². The number of anilines is 2. The van der Waals surface area contributed by atoms with Crippen molar-refractivity contribution in [3.8, 4) is 0 Å². The van der Waals surface area contributed by atoms with Gasteiger partial charge in [0, 0.05) is 11.6 Å².